The zero-order chi connectivity index (χ0) is 36.0. The Hall–Kier alpha value is -2.86. The van der Waals surface area contributed by atoms with E-state index in [0.717, 1.165) is 6.42 Å². The smallest absolute Gasteiger partial charge is 0.464 e. The highest BCUT2D eigenvalue weighted by Crippen LogP contribution is 2.29. The molecule has 0 spiro atoms. The van der Waals surface area contributed by atoms with E-state index in [4.69, 9.17) is 4.74 Å². The van der Waals surface area contributed by atoms with Crippen LogP contribution in [0.1, 0.15) is 140 Å². The van der Waals surface area contributed by atoms with Crippen LogP contribution in [0.4, 0.5) is 13.2 Å². The first kappa shape index (κ1) is 43.1. The van der Waals surface area contributed by atoms with Crippen LogP contribution >= 0.6 is 0 Å². The van der Waals surface area contributed by atoms with Crippen LogP contribution in [0.25, 0.3) is 0 Å². The summed E-state index contributed by atoms with van der Waals surface area (Å²) in [4.78, 5) is 67.5. The van der Waals surface area contributed by atoms with Gasteiger partial charge >= 0.3 is 18.1 Å². The van der Waals surface area contributed by atoms with E-state index in [1.54, 1.807) is 55.4 Å². The molecule has 0 aliphatic rings. The lowest BCUT2D eigenvalue weighted by atomic mass is 9.81. The number of alkyl halides is 3. The van der Waals surface area contributed by atoms with Crippen LogP contribution in [0.5, 0.6) is 0 Å². The lowest BCUT2D eigenvalue weighted by Crippen LogP contribution is -2.71. The van der Waals surface area contributed by atoms with Crippen LogP contribution in [0.2, 0.25) is 0 Å². The number of halogens is 3. The lowest BCUT2D eigenvalue weighted by Gasteiger charge is -2.42. The van der Waals surface area contributed by atoms with Gasteiger partial charge in [-0.15, -0.1) is 0 Å². The summed E-state index contributed by atoms with van der Waals surface area (Å²) in [5.74, 6) is -5.27. The number of hydrogen-bond acceptors (Lipinski definition) is 6. The second-order valence-corrected chi connectivity index (χ2v) is 12.6. The molecule has 46 heavy (non-hydrogen) atoms. The first-order valence-corrected chi connectivity index (χ1v) is 16.9. The number of unbranched alkanes of at least 4 members (excludes halogenated alkanes) is 1. The molecule has 0 aromatic heterocycles. The zero-order valence-corrected chi connectivity index (χ0v) is 29.6. The summed E-state index contributed by atoms with van der Waals surface area (Å²) in [5.41, 5.74) is -6.36. The molecule has 0 bridgehead atoms. The Balaban J connectivity index is 6.80. The molecule has 0 radical (unpaired) electrons. The third kappa shape index (κ3) is 10.6. The van der Waals surface area contributed by atoms with Crippen LogP contribution in [0, 0.1) is 5.92 Å². The fourth-order valence-electron chi connectivity index (χ4n) is 5.85. The van der Waals surface area contributed by atoms with Crippen molar-refractivity contribution in [3.8, 4) is 0 Å². The number of hydrogen-bond donors (Lipinski definition) is 4. The molecule has 4 amide bonds. The molecule has 10 nitrogen and oxygen atoms in total. The van der Waals surface area contributed by atoms with Gasteiger partial charge in [0.05, 0.1) is 6.61 Å². The van der Waals surface area contributed by atoms with Crippen LogP contribution in [0.3, 0.4) is 0 Å². The predicted molar refractivity (Wildman–Crippen MR) is 172 cm³/mol. The molecule has 0 rings (SSSR count). The molecule has 0 unspecified atom stereocenters. The fourth-order valence-corrected chi connectivity index (χ4v) is 5.85. The second-order valence-electron chi connectivity index (χ2n) is 12.6. The van der Waals surface area contributed by atoms with Gasteiger partial charge in [0.25, 0.3) is 0 Å². The number of esters is 1. The van der Waals surface area contributed by atoms with E-state index < -0.39 is 57.9 Å². The summed E-state index contributed by atoms with van der Waals surface area (Å²) < 4.78 is 45.4. The van der Waals surface area contributed by atoms with E-state index in [-0.39, 0.29) is 57.5 Å². The van der Waals surface area contributed by atoms with E-state index in [1.807, 2.05) is 12.2 Å². The molecule has 0 aliphatic carbocycles. The monoisotopic (exact) mass is 664 g/mol. The molecular formula is C33H59F3N4O6. The largest absolute Gasteiger partial charge is 0.471 e. The van der Waals surface area contributed by atoms with E-state index in [1.165, 1.54) is 6.92 Å². The Bertz CT molecular complexity index is 1030. The van der Waals surface area contributed by atoms with Gasteiger partial charge in [0, 0.05) is 0 Å². The van der Waals surface area contributed by atoms with Gasteiger partial charge in [-0.1, -0.05) is 81.6 Å². The van der Waals surface area contributed by atoms with Crippen molar-refractivity contribution in [2.24, 2.45) is 5.92 Å². The third-order valence-electron chi connectivity index (χ3n) is 9.05. The molecule has 0 saturated heterocycles. The van der Waals surface area contributed by atoms with E-state index in [0.29, 0.717) is 19.3 Å². The topological polar surface area (TPSA) is 143 Å². The van der Waals surface area contributed by atoms with Crippen molar-refractivity contribution in [3.63, 3.8) is 0 Å². The molecule has 0 saturated carbocycles. The Labute approximate surface area is 273 Å². The standard InChI is InChI=1S/C33H59F3N4O6/c1-11-19-21-31(16-6,28(45)46-18-8)39-24(41)29(13-3,14-4)37-25(42)30(15-5,20-12-2)38-26(43)32(17-7,22-23(9)10)40-27(44)33(34,35)36/h23H,11-22H2,1-10H3,(H,37,42)(H,38,43)(H,39,41)(H,40,44)/t30-,31-,32-/m0/s1. The van der Waals surface area contributed by atoms with Crippen LogP contribution in [-0.2, 0) is 28.7 Å². The maximum atomic E-state index is 14.3. The van der Waals surface area contributed by atoms with Crippen LogP contribution < -0.4 is 21.3 Å². The number of carbonyl (C=O) groups excluding carboxylic acids is 5. The van der Waals surface area contributed by atoms with Gasteiger partial charge < -0.3 is 26.0 Å². The Morgan fingerprint density at radius 1 is 0.565 bits per heavy atom. The number of ether oxygens (including phenoxy) is 1. The minimum atomic E-state index is -5.22. The van der Waals surface area contributed by atoms with Gasteiger partial charge in [0.15, 0.2) is 0 Å². The van der Waals surface area contributed by atoms with Crippen LogP contribution in [-0.4, -0.2) is 64.5 Å². The molecule has 0 aromatic carbocycles. The van der Waals surface area contributed by atoms with Crippen molar-refractivity contribution in [2.45, 2.75) is 168 Å². The molecule has 3 atom stereocenters. The molecule has 0 heterocycles. The first-order chi connectivity index (χ1) is 21.3. The quantitative estimate of drug-likeness (QED) is 0.117. The maximum absolute atomic E-state index is 14.3. The highest BCUT2D eigenvalue weighted by Gasteiger charge is 2.51. The van der Waals surface area contributed by atoms with Crippen molar-refractivity contribution in [3.05, 3.63) is 0 Å². The van der Waals surface area contributed by atoms with Crippen molar-refractivity contribution in [1.82, 2.24) is 21.3 Å². The third-order valence-corrected chi connectivity index (χ3v) is 9.05. The summed E-state index contributed by atoms with van der Waals surface area (Å²) in [6, 6.07) is 0. The number of amides is 4. The average Bonchev–Trinajstić information content (AvgIpc) is 3.00. The predicted octanol–water partition coefficient (Wildman–Crippen LogP) is 5.62. The Kier molecular flexibility index (Phi) is 17.3. The summed E-state index contributed by atoms with van der Waals surface area (Å²) in [7, 11) is 0. The van der Waals surface area contributed by atoms with Gasteiger partial charge in [0.1, 0.15) is 22.2 Å². The number of carbonyl (C=O) groups is 5. The van der Waals surface area contributed by atoms with Crippen LogP contribution in [0.15, 0.2) is 0 Å². The molecule has 4 N–H and O–H groups in total. The molecular weight excluding hydrogens is 605 g/mol. The van der Waals surface area contributed by atoms with Crippen molar-refractivity contribution >= 4 is 29.6 Å². The van der Waals surface area contributed by atoms with Gasteiger partial charge in [-0.2, -0.15) is 13.2 Å². The molecule has 13 heteroatoms. The van der Waals surface area contributed by atoms with Crippen molar-refractivity contribution in [2.75, 3.05) is 6.61 Å². The fraction of sp³-hybridized carbons (Fsp3) is 0.848. The molecule has 0 fully saturated rings. The van der Waals surface area contributed by atoms with Gasteiger partial charge in [0.2, 0.25) is 17.7 Å². The van der Waals surface area contributed by atoms with E-state index in [2.05, 4.69) is 16.0 Å². The highest BCUT2D eigenvalue weighted by atomic mass is 19.4. The number of rotatable bonds is 21. The summed E-state index contributed by atoms with van der Waals surface area (Å²) in [5, 5.41) is 10.4. The highest BCUT2D eigenvalue weighted by molar-refractivity contribution is 6.00. The Morgan fingerprint density at radius 3 is 1.37 bits per heavy atom. The summed E-state index contributed by atoms with van der Waals surface area (Å²) in [6.45, 7) is 17.4. The van der Waals surface area contributed by atoms with Gasteiger partial charge in [-0.25, -0.2) is 4.79 Å². The summed E-state index contributed by atoms with van der Waals surface area (Å²) >= 11 is 0. The molecule has 0 aromatic rings. The SMILES string of the molecule is CCCC[C@](CC)(NC(=O)C(CC)(CC)NC(=O)[C@](CC)(CCC)NC(=O)[C@](CC)(CC(C)C)NC(=O)C(F)(F)F)C(=O)OCC. The zero-order valence-electron chi connectivity index (χ0n) is 29.6. The molecule has 0 aliphatic heterocycles. The van der Waals surface area contributed by atoms with Crippen molar-refractivity contribution in [1.29, 1.82) is 0 Å². The Morgan fingerprint density at radius 2 is 0.978 bits per heavy atom. The van der Waals surface area contributed by atoms with E-state index in [9.17, 15) is 37.1 Å². The van der Waals surface area contributed by atoms with Crippen molar-refractivity contribution < 1.29 is 41.9 Å². The number of nitrogens with one attached hydrogen (secondary N) is 4. The minimum Gasteiger partial charge on any atom is -0.464 e. The minimum absolute atomic E-state index is 0.0520. The second kappa shape index (κ2) is 18.5. The first-order valence-electron chi connectivity index (χ1n) is 16.9. The van der Waals surface area contributed by atoms with E-state index >= 15 is 0 Å². The molecule has 268 valence electrons. The van der Waals surface area contributed by atoms with Gasteiger partial charge in [-0.3, -0.25) is 19.2 Å². The maximum Gasteiger partial charge on any atom is 0.471 e. The normalized spacial score (nSPS) is 16.0. The summed E-state index contributed by atoms with van der Waals surface area (Å²) in [6.07, 6.45) is -2.60. The lowest BCUT2D eigenvalue weighted by molar-refractivity contribution is -0.177. The van der Waals surface area contributed by atoms with Gasteiger partial charge in [-0.05, 0) is 64.2 Å². The average molecular weight is 665 g/mol.